The first-order valence-corrected chi connectivity index (χ1v) is 10.2. The number of anilines is 1. The van der Waals surface area contributed by atoms with E-state index in [1.807, 2.05) is 0 Å². The van der Waals surface area contributed by atoms with Crippen molar-refractivity contribution in [2.24, 2.45) is 5.73 Å². The lowest BCUT2D eigenvalue weighted by Gasteiger charge is -2.18. The smallest absolute Gasteiger partial charge is 0.475 e. The van der Waals surface area contributed by atoms with E-state index in [1.165, 1.54) is 30.5 Å². The van der Waals surface area contributed by atoms with Gasteiger partial charge in [0.15, 0.2) is 5.82 Å². The second kappa shape index (κ2) is 13.7. The van der Waals surface area contributed by atoms with Crippen LogP contribution in [0.2, 0.25) is 0 Å². The normalized spacial score (nSPS) is 11.1. The number of rotatable bonds is 10. The van der Waals surface area contributed by atoms with Gasteiger partial charge in [0.2, 0.25) is 11.9 Å². The van der Waals surface area contributed by atoms with E-state index in [1.54, 1.807) is 13.0 Å². The fraction of sp³-hybridized carbons (Fsp3) is 0.350. The first kappa shape index (κ1) is 30.8. The minimum absolute atomic E-state index is 0.0386. The molecule has 0 radical (unpaired) electrons. The van der Waals surface area contributed by atoms with Crippen LogP contribution < -0.4 is 27.4 Å². The summed E-state index contributed by atoms with van der Waals surface area (Å²) < 4.78 is 61.5. The number of hydrogen-bond acceptors (Lipinski definition) is 7. The monoisotopic (exact) mass is 537 g/mol. The number of carboxylic acids is 1. The molecule has 0 atom stereocenters. The second-order valence-electron chi connectivity index (χ2n) is 7.08. The number of amides is 1. The maximum absolute atomic E-state index is 14.3. The van der Waals surface area contributed by atoms with Crippen LogP contribution in [0.3, 0.4) is 0 Å². The molecule has 0 saturated carbocycles. The van der Waals surface area contributed by atoms with Crippen LogP contribution in [-0.2, 0) is 26.9 Å². The summed E-state index contributed by atoms with van der Waals surface area (Å²) in [6.45, 7) is 0.569. The number of hydrogen-bond donors (Lipinski definition) is 6. The quantitative estimate of drug-likeness (QED) is 0.0843. The van der Waals surface area contributed by atoms with Crippen LogP contribution in [0.1, 0.15) is 11.3 Å². The molecule has 17 heteroatoms. The molecule has 204 valence electrons. The predicted octanol–water partition coefficient (Wildman–Crippen LogP) is 0.920. The molecule has 0 spiro atoms. The van der Waals surface area contributed by atoms with Crippen molar-refractivity contribution in [2.75, 3.05) is 25.0 Å². The van der Waals surface area contributed by atoms with Gasteiger partial charge in [-0.3, -0.25) is 24.4 Å². The highest BCUT2D eigenvalue weighted by molar-refractivity contribution is 5.76. The molecule has 0 bridgehead atoms. The van der Waals surface area contributed by atoms with Crippen molar-refractivity contribution in [2.45, 2.75) is 25.6 Å². The van der Waals surface area contributed by atoms with Crippen LogP contribution in [-0.4, -0.2) is 58.4 Å². The Kier molecular flexibility index (Phi) is 11.4. The number of carboxylic acid groups (broad SMARTS) is 1. The molecule has 0 aliphatic heterocycles. The summed E-state index contributed by atoms with van der Waals surface area (Å²) in [5, 5.41) is 18.9. The van der Waals surface area contributed by atoms with E-state index in [0.29, 0.717) is 5.69 Å². The van der Waals surface area contributed by atoms with Crippen molar-refractivity contribution in [3.05, 3.63) is 58.1 Å². The fourth-order valence-electron chi connectivity index (χ4n) is 2.44. The summed E-state index contributed by atoms with van der Waals surface area (Å²) in [5.74, 6) is -7.11. The van der Waals surface area contributed by atoms with Crippen LogP contribution in [0, 0.1) is 12.3 Å². The van der Waals surface area contributed by atoms with E-state index in [2.05, 4.69) is 21.1 Å². The first-order chi connectivity index (χ1) is 17.1. The molecule has 0 aliphatic rings. The van der Waals surface area contributed by atoms with Crippen molar-refractivity contribution in [3.63, 3.8) is 0 Å². The number of hydroxylamine groups is 1. The lowest BCUT2D eigenvalue weighted by molar-refractivity contribution is -0.192. The van der Waals surface area contributed by atoms with Crippen LogP contribution in [0.4, 0.5) is 27.8 Å². The van der Waals surface area contributed by atoms with E-state index in [9.17, 15) is 31.5 Å². The largest absolute Gasteiger partial charge is 0.490 e. The standard InChI is InChI=1S/C18H23F2N7O3.C2HF3O2/c1-12-9-24-15(25-11-18(19,20)13-5-3-2-4-6-13)16(29)27(12)10-14(28)23-7-8-30-26-17(21)22;3-2(4,5)1(6)7/h2-6,9H,7-8,10-11H2,1H3,(H,23,28)(H,24,25)(H4,21,22,26);(H,6,7). The summed E-state index contributed by atoms with van der Waals surface area (Å²) in [4.78, 5) is 42.2. The minimum atomic E-state index is -5.08. The lowest BCUT2D eigenvalue weighted by Crippen LogP contribution is -2.38. The number of aryl methyl sites for hydroxylation is 1. The van der Waals surface area contributed by atoms with Gasteiger partial charge in [-0.05, 0) is 6.92 Å². The fourth-order valence-corrected chi connectivity index (χ4v) is 2.44. The van der Waals surface area contributed by atoms with Gasteiger partial charge < -0.3 is 21.5 Å². The topological polar surface area (TPSA) is 184 Å². The number of nitrogens with zero attached hydrogens (tertiary/aromatic N) is 2. The highest BCUT2D eigenvalue weighted by Crippen LogP contribution is 2.27. The van der Waals surface area contributed by atoms with Gasteiger partial charge in [0.1, 0.15) is 6.54 Å². The Labute approximate surface area is 206 Å². The van der Waals surface area contributed by atoms with Crippen LogP contribution in [0.25, 0.3) is 0 Å². The Morgan fingerprint density at radius 1 is 1.19 bits per heavy atom. The molecule has 1 amide bonds. The molecule has 1 heterocycles. The summed E-state index contributed by atoms with van der Waals surface area (Å²) in [6.07, 6.45) is -3.77. The van der Waals surface area contributed by atoms with Crippen LogP contribution in [0.15, 0.2) is 41.3 Å². The molecule has 7 N–H and O–H groups in total. The van der Waals surface area contributed by atoms with E-state index >= 15 is 0 Å². The van der Waals surface area contributed by atoms with Gasteiger partial charge in [0, 0.05) is 24.0 Å². The number of nitrogens with one attached hydrogen (secondary N) is 4. The molecule has 12 nitrogen and oxygen atoms in total. The Balaban J connectivity index is 0.000000856. The average Bonchev–Trinajstić information content (AvgIpc) is 2.81. The van der Waals surface area contributed by atoms with Crippen molar-refractivity contribution in [1.29, 1.82) is 5.41 Å². The van der Waals surface area contributed by atoms with Crippen molar-refractivity contribution in [3.8, 4) is 0 Å². The van der Waals surface area contributed by atoms with Crippen LogP contribution >= 0.6 is 0 Å². The molecule has 0 fully saturated rings. The highest BCUT2D eigenvalue weighted by Gasteiger charge is 2.38. The third-order valence-electron chi connectivity index (χ3n) is 4.18. The van der Waals surface area contributed by atoms with E-state index in [0.717, 1.165) is 4.57 Å². The van der Waals surface area contributed by atoms with Gasteiger partial charge in [0.25, 0.3) is 11.5 Å². The van der Waals surface area contributed by atoms with Gasteiger partial charge >= 0.3 is 12.1 Å². The SMILES string of the molecule is Cc1cnc(NCC(F)(F)c2ccccc2)c(=O)n1CC(=O)NCCONC(=N)N.O=C(O)C(F)(F)F. The van der Waals surface area contributed by atoms with Gasteiger partial charge in [0.05, 0.1) is 13.2 Å². The minimum Gasteiger partial charge on any atom is -0.475 e. The predicted molar refractivity (Wildman–Crippen MR) is 120 cm³/mol. The number of aliphatic carboxylic acids is 1. The summed E-state index contributed by atoms with van der Waals surface area (Å²) in [7, 11) is 0. The zero-order chi connectivity index (χ0) is 28.2. The Hall–Kier alpha value is -4.28. The molecule has 0 unspecified atom stereocenters. The molecule has 0 saturated heterocycles. The lowest BCUT2D eigenvalue weighted by atomic mass is 10.1. The number of guanidine groups is 1. The molecule has 1 aromatic carbocycles. The number of benzene rings is 1. The number of carbonyl (C=O) groups is 2. The number of alkyl halides is 5. The number of halogens is 5. The third kappa shape index (κ3) is 10.9. The highest BCUT2D eigenvalue weighted by atomic mass is 19.4. The molecule has 37 heavy (non-hydrogen) atoms. The van der Waals surface area contributed by atoms with E-state index in [-0.39, 0.29) is 37.0 Å². The number of nitrogens with two attached hydrogens (primary N) is 1. The van der Waals surface area contributed by atoms with E-state index < -0.39 is 36.1 Å². The van der Waals surface area contributed by atoms with Gasteiger partial charge in [-0.2, -0.15) is 22.0 Å². The Bertz CT molecular complexity index is 1130. The van der Waals surface area contributed by atoms with Gasteiger partial charge in [-0.15, -0.1) is 0 Å². The van der Waals surface area contributed by atoms with Crippen molar-refractivity contribution in [1.82, 2.24) is 20.3 Å². The average molecular weight is 537 g/mol. The molecule has 2 rings (SSSR count). The first-order valence-electron chi connectivity index (χ1n) is 10.2. The Morgan fingerprint density at radius 2 is 1.78 bits per heavy atom. The van der Waals surface area contributed by atoms with Crippen molar-refractivity contribution < 1.29 is 41.5 Å². The molecular weight excluding hydrogens is 513 g/mol. The van der Waals surface area contributed by atoms with E-state index in [4.69, 9.17) is 25.9 Å². The third-order valence-corrected chi connectivity index (χ3v) is 4.18. The van der Waals surface area contributed by atoms with Crippen LogP contribution in [0.5, 0.6) is 0 Å². The second-order valence-corrected chi connectivity index (χ2v) is 7.08. The molecular formula is C20H24F5N7O5. The van der Waals surface area contributed by atoms with Gasteiger partial charge in [-0.25, -0.2) is 15.3 Å². The number of carbonyl (C=O) groups excluding carboxylic acids is 1. The summed E-state index contributed by atoms with van der Waals surface area (Å²) in [5.41, 5.74) is 6.65. The maximum Gasteiger partial charge on any atom is 0.490 e. The van der Waals surface area contributed by atoms with Gasteiger partial charge in [-0.1, -0.05) is 30.3 Å². The molecule has 1 aromatic heterocycles. The zero-order valence-electron chi connectivity index (χ0n) is 19.2. The summed E-state index contributed by atoms with van der Waals surface area (Å²) >= 11 is 0. The maximum atomic E-state index is 14.3. The number of aromatic nitrogens is 2. The molecule has 0 aliphatic carbocycles. The zero-order valence-corrected chi connectivity index (χ0v) is 19.2. The molecule has 2 aromatic rings. The summed E-state index contributed by atoms with van der Waals surface area (Å²) in [6, 6.07) is 7.22. The van der Waals surface area contributed by atoms with Crippen molar-refractivity contribution >= 4 is 23.7 Å². The Morgan fingerprint density at radius 3 is 2.32 bits per heavy atom.